The molecular weight excluding hydrogens is 304 g/mol. The summed E-state index contributed by atoms with van der Waals surface area (Å²) in [5.74, 6) is 1.41. The van der Waals surface area contributed by atoms with E-state index in [9.17, 15) is 8.42 Å². The second kappa shape index (κ2) is 6.75. The number of anilines is 1. The number of fused-ring (bicyclic) bond motifs is 1. The number of rotatable bonds is 7. The Morgan fingerprint density at radius 3 is 2.67 bits per heavy atom. The van der Waals surface area contributed by atoms with Crippen molar-refractivity contribution in [2.24, 2.45) is 0 Å². The van der Waals surface area contributed by atoms with Crippen LogP contribution in [-0.4, -0.2) is 30.2 Å². The van der Waals surface area contributed by atoms with Gasteiger partial charge in [0.2, 0.25) is 0 Å². The van der Waals surface area contributed by atoms with E-state index in [1.54, 1.807) is 11.8 Å². The minimum atomic E-state index is -2.96. The Balaban J connectivity index is 2.30. The lowest BCUT2D eigenvalue weighted by atomic mass is 10.2. The summed E-state index contributed by atoms with van der Waals surface area (Å²) in [5, 5.41) is 1.14. The smallest absolute Gasteiger partial charge is 0.152 e. The number of hydrogen-bond donors (Lipinski definition) is 1. The average Bonchev–Trinajstić information content (AvgIpc) is 2.80. The van der Waals surface area contributed by atoms with E-state index in [0.717, 1.165) is 27.2 Å². The van der Waals surface area contributed by atoms with E-state index in [4.69, 9.17) is 5.73 Å². The van der Waals surface area contributed by atoms with Gasteiger partial charge in [0.05, 0.1) is 11.3 Å². The second-order valence-corrected chi connectivity index (χ2v) is 8.66. The first kappa shape index (κ1) is 16.2. The van der Waals surface area contributed by atoms with Crippen LogP contribution in [0.25, 0.3) is 10.9 Å². The fourth-order valence-electron chi connectivity index (χ4n) is 2.40. The third kappa shape index (κ3) is 3.95. The monoisotopic (exact) mass is 326 g/mol. The van der Waals surface area contributed by atoms with Crippen LogP contribution in [0.15, 0.2) is 29.3 Å². The molecule has 2 rings (SSSR count). The van der Waals surface area contributed by atoms with Crippen LogP contribution in [0.2, 0.25) is 0 Å². The van der Waals surface area contributed by atoms with Gasteiger partial charge in [-0.05, 0) is 30.4 Å². The molecule has 0 fully saturated rings. The number of aromatic nitrogens is 1. The second-order valence-electron chi connectivity index (χ2n) is 5.05. The third-order valence-corrected chi connectivity index (χ3v) is 6.10. The zero-order valence-electron chi connectivity index (χ0n) is 12.5. The molecule has 0 bridgehead atoms. The summed E-state index contributed by atoms with van der Waals surface area (Å²) in [7, 11) is -2.96. The molecule has 0 saturated carbocycles. The molecule has 116 valence electrons. The van der Waals surface area contributed by atoms with Crippen LogP contribution in [0.5, 0.6) is 0 Å². The summed E-state index contributed by atoms with van der Waals surface area (Å²) in [6, 6.07) is 5.94. The normalized spacial score (nSPS) is 12.1. The van der Waals surface area contributed by atoms with Crippen molar-refractivity contribution in [1.29, 1.82) is 0 Å². The van der Waals surface area contributed by atoms with Gasteiger partial charge in [-0.1, -0.05) is 13.8 Å². The van der Waals surface area contributed by atoms with E-state index in [1.165, 1.54) is 0 Å². The molecule has 2 N–H and O–H groups in total. The lowest BCUT2D eigenvalue weighted by Gasteiger charge is -2.09. The van der Waals surface area contributed by atoms with Gasteiger partial charge in [0.1, 0.15) is 0 Å². The molecule has 0 saturated heterocycles. The molecule has 0 aliphatic rings. The van der Waals surface area contributed by atoms with Crippen LogP contribution in [0.4, 0.5) is 5.69 Å². The van der Waals surface area contributed by atoms with E-state index < -0.39 is 9.84 Å². The molecule has 0 amide bonds. The summed E-state index contributed by atoms with van der Waals surface area (Å²) in [5.41, 5.74) is 7.70. The predicted molar refractivity (Wildman–Crippen MR) is 91.7 cm³/mol. The molecular formula is C15H22N2O2S2. The molecule has 6 heteroatoms. The molecule has 4 nitrogen and oxygen atoms in total. The maximum atomic E-state index is 11.9. The Bertz CT molecular complexity index is 721. The summed E-state index contributed by atoms with van der Waals surface area (Å²) < 4.78 is 25.7. The van der Waals surface area contributed by atoms with Gasteiger partial charge < -0.3 is 10.3 Å². The van der Waals surface area contributed by atoms with Gasteiger partial charge in [-0.2, -0.15) is 0 Å². The maximum Gasteiger partial charge on any atom is 0.152 e. The van der Waals surface area contributed by atoms with Gasteiger partial charge in [0.25, 0.3) is 0 Å². The number of benzene rings is 1. The van der Waals surface area contributed by atoms with Gasteiger partial charge in [0, 0.05) is 34.5 Å². The highest BCUT2D eigenvalue weighted by atomic mass is 32.2. The molecule has 0 aliphatic carbocycles. The number of thioether (sulfide) groups is 1. The summed E-state index contributed by atoms with van der Waals surface area (Å²) in [4.78, 5) is 1.16. The van der Waals surface area contributed by atoms with Crippen LogP contribution in [0.3, 0.4) is 0 Å². The van der Waals surface area contributed by atoms with Crippen molar-refractivity contribution in [1.82, 2.24) is 4.57 Å². The lowest BCUT2D eigenvalue weighted by Crippen LogP contribution is -2.15. The molecule has 2 aromatic rings. The van der Waals surface area contributed by atoms with Crippen molar-refractivity contribution in [3.8, 4) is 0 Å². The summed E-state index contributed by atoms with van der Waals surface area (Å²) >= 11 is 1.75. The fourth-order valence-corrected chi connectivity index (χ4v) is 4.56. The highest BCUT2D eigenvalue weighted by molar-refractivity contribution is 7.99. The number of aryl methyl sites for hydroxylation is 1. The van der Waals surface area contributed by atoms with Crippen LogP contribution < -0.4 is 5.73 Å². The molecule has 0 unspecified atom stereocenters. The van der Waals surface area contributed by atoms with Crippen molar-refractivity contribution in [2.45, 2.75) is 31.7 Å². The van der Waals surface area contributed by atoms with Crippen molar-refractivity contribution in [2.75, 3.05) is 23.0 Å². The van der Waals surface area contributed by atoms with Crippen molar-refractivity contribution in [3.63, 3.8) is 0 Å². The minimum Gasteiger partial charge on any atom is -0.399 e. The average molecular weight is 326 g/mol. The lowest BCUT2D eigenvalue weighted by molar-refractivity contribution is 0.588. The number of nitrogens with zero attached hydrogens (tertiary/aromatic N) is 1. The van der Waals surface area contributed by atoms with E-state index in [2.05, 4.69) is 6.92 Å². The van der Waals surface area contributed by atoms with Gasteiger partial charge in [-0.15, -0.1) is 11.8 Å². The van der Waals surface area contributed by atoms with E-state index in [0.29, 0.717) is 13.0 Å². The fraction of sp³-hybridized carbons (Fsp3) is 0.467. The Morgan fingerprint density at radius 2 is 2.00 bits per heavy atom. The summed E-state index contributed by atoms with van der Waals surface area (Å²) in [6.45, 7) is 4.47. The zero-order valence-corrected chi connectivity index (χ0v) is 14.1. The first-order valence-corrected chi connectivity index (χ1v) is 9.99. The molecule has 0 radical (unpaired) electrons. The van der Waals surface area contributed by atoms with Crippen molar-refractivity contribution >= 4 is 38.2 Å². The van der Waals surface area contributed by atoms with Crippen LogP contribution >= 0.6 is 11.8 Å². The quantitative estimate of drug-likeness (QED) is 0.627. The molecule has 1 aromatic heterocycles. The van der Waals surface area contributed by atoms with Crippen LogP contribution in [-0.2, 0) is 16.4 Å². The first-order valence-electron chi connectivity index (χ1n) is 7.18. The first-order chi connectivity index (χ1) is 9.96. The SMILES string of the molecule is CCCS(=O)(=O)CCn1ccc2c(SCC)cc(N)cc21. The van der Waals surface area contributed by atoms with E-state index in [-0.39, 0.29) is 11.5 Å². The third-order valence-electron chi connectivity index (χ3n) is 3.33. The van der Waals surface area contributed by atoms with Crippen LogP contribution in [0, 0.1) is 0 Å². The maximum absolute atomic E-state index is 11.9. The van der Waals surface area contributed by atoms with Crippen molar-refractivity contribution in [3.05, 3.63) is 24.4 Å². The van der Waals surface area contributed by atoms with Gasteiger partial charge in [-0.3, -0.25) is 0 Å². The molecule has 0 atom stereocenters. The van der Waals surface area contributed by atoms with Gasteiger partial charge in [-0.25, -0.2) is 8.42 Å². The Morgan fingerprint density at radius 1 is 1.24 bits per heavy atom. The zero-order chi connectivity index (χ0) is 15.5. The van der Waals surface area contributed by atoms with E-state index in [1.807, 2.05) is 35.9 Å². The summed E-state index contributed by atoms with van der Waals surface area (Å²) in [6.07, 6.45) is 2.62. The standard InChI is InChI=1S/C15H22N2O2S2/c1-3-8-21(18,19)9-7-17-6-5-13-14(17)10-12(16)11-15(13)20-4-2/h5-6,10-11H,3-4,7-9,16H2,1-2H3. The molecule has 1 heterocycles. The Labute approximate surface area is 130 Å². The number of hydrogen-bond acceptors (Lipinski definition) is 4. The minimum absolute atomic E-state index is 0.176. The van der Waals surface area contributed by atoms with E-state index >= 15 is 0 Å². The number of nitrogens with two attached hydrogens (primary N) is 1. The molecule has 1 aromatic carbocycles. The molecule has 21 heavy (non-hydrogen) atoms. The predicted octanol–water partition coefficient (Wildman–Crippen LogP) is 3.16. The Hall–Kier alpha value is -1.14. The van der Waals surface area contributed by atoms with Crippen molar-refractivity contribution < 1.29 is 8.42 Å². The highest BCUT2D eigenvalue weighted by Gasteiger charge is 2.12. The van der Waals surface area contributed by atoms with Gasteiger partial charge in [0.15, 0.2) is 9.84 Å². The largest absolute Gasteiger partial charge is 0.399 e. The number of sulfone groups is 1. The van der Waals surface area contributed by atoms with Crippen LogP contribution in [0.1, 0.15) is 20.3 Å². The Kier molecular flexibility index (Phi) is 5.22. The van der Waals surface area contributed by atoms with Gasteiger partial charge >= 0.3 is 0 Å². The highest BCUT2D eigenvalue weighted by Crippen LogP contribution is 2.31. The topological polar surface area (TPSA) is 65.1 Å². The molecule has 0 spiro atoms. The number of nitrogen functional groups attached to an aromatic ring is 1. The molecule has 0 aliphatic heterocycles.